The molecular weight excluding hydrogens is 196 g/mol. The molecule has 0 fully saturated rings. The maximum absolute atomic E-state index is 10.8. The predicted octanol–water partition coefficient (Wildman–Crippen LogP) is 2.17. The molecule has 0 saturated carbocycles. The zero-order valence-electron chi connectivity index (χ0n) is 7.15. The van der Waals surface area contributed by atoms with E-state index in [0.717, 1.165) is 4.70 Å². The Morgan fingerprint density at radius 2 is 2.29 bits per heavy atom. The fourth-order valence-electron chi connectivity index (χ4n) is 1.40. The summed E-state index contributed by atoms with van der Waals surface area (Å²) >= 11 is 1.33. The third-order valence-corrected chi connectivity index (χ3v) is 3.02. The van der Waals surface area contributed by atoms with Crippen LogP contribution in [0.3, 0.4) is 0 Å². The number of fused-ring (bicyclic) bond motifs is 1. The summed E-state index contributed by atoms with van der Waals surface area (Å²) in [6, 6.07) is 7.37. The van der Waals surface area contributed by atoms with Crippen LogP contribution in [0.2, 0.25) is 0 Å². The molecule has 1 aromatic heterocycles. The zero-order valence-corrected chi connectivity index (χ0v) is 7.97. The van der Waals surface area contributed by atoms with Crippen molar-refractivity contribution >= 4 is 32.7 Å². The number of hydrogen-bond donors (Lipinski definition) is 1. The van der Waals surface area contributed by atoms with Crippen LogP contribution in [0.5, 0.6) is 0 Å². The molecule has 0 atom stereocenters. The number of nitrogens with two attached hydrogens (primary N) is 1. The number of rotatable bonds is 1. The van der Waals surface area contributed by atoms with E-state index in [0.29, 0.717) is 27.8 Å². The third-order valence-electron chi connectivity index (χ3n) is 2.02. The molecule has 4 heteroatoms. The molecule has 0 aliphatic carbocycles. The Labute approximate surface area is 84.4 Å². The zero-order chi connectivity index (χ0) is 10.1. The molecule has 2 aromatic rings. The number of hydrogen-bond acceptors (Lipinski definition) is 4. The van der Waals surface area contributed by atoms with E-state index in [9.17, 15) is 4.79 Å². The number of thiophene rings is 1. The highest BCUT2D eigenvalue weighted by Crippen LogP contribution is 2.34. The van der Waals surface area contributed by atoms with Gasteiger partial charge in [-0.15, -0.1) is 11.3 Å². The van der Waals surface area contributed by atoms with E-state index in [1.54, 1.807) is 12.1 Å². The molecule has 0 amide bonds. The smallest absolute Gasteiger partial charge is 0.153 e. The number of nitrogen functional groups attached to an aromatic ring is 1. The number of nitrogens with zero attached hydrogens (tertiary/aromatic N) is 1. The first-order chi connectivity index (χ1) is 6.77. The van der Waals surface area contributed by atoms with Gasteiger partial charge in [0.15, 0.2) is 6.29 Å². The van der Waals surface area contributed by atoms with Crippen molar-refractivity contribution in [3.05, 3.63) is 29.3 Å². The van der Waals surface area contributed by atoms with Crippen LogP contribution in [0.25, 0.3) is 10.1 Å². The Morgan fingerprint density at radius 3 is 2.93 bits per heavy atom. The maximum atomic E-state index is 10.8. The SMILES string of the molecule is N#Cc1cccc2sc(N)c(C=O)c12. The Hall–Kier alpha value is -1.86. The minimum absolute atomic E-state index is 0.433. The van der Waals surface area contributed by atoms with Crippen LogP contribution < -0.4 is 5.73 Å². The number of nitriles is 1. The molecule has 68 valence electrons. The molecule has 0 bridgehead atoms. The highest BCUT2D eigenvalue weighted by molar-refractivity contribution is 7.23. The topological polar surface area (TPSA) is 66.9 Å². The molecule has 1 heterocycles. The molecule has 1 aromatic carbocycles. The van der Waals surface area contributed by atoms with Gasteiger partial charge < -0.3 is 5.73 Å². The highest BCUT2D eigenvalue weighted by Gasteiger charge is 2.11. The minimum atomic E-state index is 0.433. The lowest BCUT2D eigenvalue weighted by molar-refractivity contribution is 0.112. The van der Waals surface area contributed by atoms with E-state index in [2.05, 4.69) is 6.07 Å². The largest absolute Gasteiger partial charge is 0.390 e. The van der Waals surface area contributed by atoms with E-state index >= 15 is 0 Å². The van der Waals surface area contributed by atoms with Crippen LogP contribution in [0.4, 0.5) is 5.00 Å². The first-order valence-electron chi connectivity index (χ1n) is 3.94. The van der Waals surface area contributed by atoms with Crippen LogP contribution in [0.1, 0.15) is 15.9 Å². The van der Waals surface area contributed by atoms with E-state index in [1.165, 1.54) is 11.3 Å². The van der Waals surface area contributed by atoms with Gasteiger partial charge in [0.25, 0.3) is 0 Å². The summed E-state index contributed by atoms with van der Waals surface area (Å²) in [5.41, 5.74) is 6.60. The second-order valence-corrected chi connectivity index (χ2v) is 3.87. The van der Waals surface area contributed by atoms with E-state index < -0.39 is 0 Å². The van der Waals surface area contributed by atoms with Crippen molar-refractivity contribution in [3.8, 4) is 6.07 Å². The average molecular weight is 202 g/mol. The maximum Gasteiger partial charge on any atom is 0.153 e. The number of anilines is 1. The molecule has 2 N–H and O–H groups in total. The summed E-state index contributed by atoms with van der Waals surface area (Å²) < 4.78 is 0.878. The van der Waals surface area contributed by atoms with Gasteiger partial charge in [0.05, 0.1) is 22.2 Å². The van der Waals surface area contributed by atoms with Gasteiger partial charge in [-0.1, -0.05) is 6.07 Å². The molecule has 0 spiro atoms. The third kappa shape index (κ3) is 1.07. The predicted molar refractivity (Wildman–Crippen MR) is 56.3 cm³/mol. The lowest BCUT2D eigenvalue weighted by Crippen LogP contribution is -1.87. The fourth-order valence-corrected chi connectivity index (χ4v) is 2.37. The molecule has 3 nitrogen and oxygen atoms in total. The molecule has 0 radical (unpaired) electrons. The van der Waals surface area contributed by atoms with Crippen molar-refractivity contribution in [3.63, 3.8) is 0 Å². The Kier molecular flexibility index (Phi) is 1.95. The Morgan fingerprint density at radius 1 is 1.50 bits per heavy atom. The first kappa shape index (κ1) is 8.73. The standard InChI is InChI=1S/C10H6N2OS/c11-4-6-2-1-3-8-9(6)7(5-13)10(12)14-8/h1-3,5H,12H2. The molecule has 0 aliphatic heterocycles. The average Bonchev–Trinajstić information content (AvgIpc) is 2.52. The van der Waals surface area contributed by atoms with Crippen molar-refractivity contribution in [1.29, 1.82) is 5.26 Å². The monoisotopic (exact) mass is 202 g/mol. The number of aldehydes is 1. The van der Waals surface area contributed by atoms with Crippen LogP contribution >= 0.6 is 11.3 Å². The van der Waals surface area contributed by atoms with Crippen molar-refractivity contribution in [2.45, 2.75) is 0 Å². The van der Waals surface area contributed by atoms with Crippen molar-refractivity contribution in [2.24, 2.45) is 0 Å². The second-order valence-electron chi connectivity index (χ2n) is 2.79. The number of carbonyl (C=O) groups is 1. The normalized spacial score (nSPS) is 9.93. The molecule has 0 aliphatic rings. The van der Waals surface area contributed by atoms with Gasteiger partial charge in [0.1, 0.15) is 0 Å². The van der Waals surface area contributed by atoms with Gasteiger partial charge in [-0.25, -0.2) is 0 Å². The summed E-state index contributed by atoms with van der Waals surface area (Å²) in [5, 5.41) is 10.0. The van der Waals surface area contributed by atoms with Crippen LogP contribution in [0.15, 0.2) is 18.2 Å². The number of benzene rings is 1. The fraction of sp³-hybridized carbons (Fsp3) is 0. The van der Waals surface area contributed by atoms with Crippen LogP contribution in [0, 0.1) is 11.3 Å². The highest BCUT2D eigenvalue weighted by atomic mass is 32.1. The quantitative estimate of drug-likeness (QED) is 0.720. The minimum Gasteiger partial charge on any atom is -0.390 e. The Balaban J connectivity index is 2.98. The van der Waals surface area contributed by atoms with E-state index in [-0.39, 0.29) is 0 Å². The van der Waals surface area contributed by atoms with Crippen LogP contribution in [-0.2, 0) is 0 Å². The summed E-state index contributed by atoms with van der Waals surface area (Å²) in [6.07, 6.45) is 0.703. The van der Waals surface area contributed by atoms with Gasteiger partial charge in [-0.05, 0) is 12.1 Å². The molecular formula is C10H6N2OS. The van der Waals surface area contributed by atoms with Gasteiger partial charge in [-0.2, -0.15) is 5.26 Å². The summed E-state index contributed by atoms with van der Waals surface area (Å²) in [7, 11) is 0. The molecule has 0 saturated heterocycles. The van der Waals surface area contributed by atoms with E-state index in [4.69, 9.17) is 11.0 Å². The molecule has 2 rings (SSSR count). The second kappa shape index (κ2) is 3.13. The van der Waals surface area contributed by atoms with Crippen molar-refractivity contribution < 1.29 is 4.79 Å². The summed E-state index contributed by atoms with van der Waals surface area (Å²) in [4.78, 5) is 10.8. The van der Waals surface area contributed by atoms with E-state index in [1.807, 2.05) is 6.07 Å². The van der Waals surface area contributed by atoms with Gasteiger partial charge in [0, 0.05) is 10.1 Å². The lowest BCUT2D eigenvalue weighted by Gasteiger charge is -1.93. The Bertz CT molecular complexity index is 551. The van der Waals surface area contributed by atoms with Crippen molar-refractivity contribution in [1.82, 2.24) is 0 Å². The number of carbonyl (C=O) groups excluding carboxylic acids is 1. The molecule has 0 unspecified atom stereocenters. The van der Waals surface area contributed by atoms with Gasteiger partial charge in [0.2, 0.25) is 0 Å². The van der Waals surface area contributed by atoms with Crippen molar-refractivity contribution in [2.75, 3.05) is 5.73 Å². The molecule has 14 heavy (non-hydrogen) atoms. The van der Waals surface area contributed by atoms with Gasteiger partial charge in [-0.3, -0.25) is 4.79 Å². The van der Waals surface area contributed by atoms with Crippen LogP contribution in [-0.4, -0.2) is 6.29 Å². The first-order valence-corrected chi connectivity index (χ1v) is 4.76. The summed E-state index contributed by atoms with van der Waals surface area (Å²) in [5.74, 6) is 0. The van der Waals surface area contributed by atoms with Gasteiger partial charge >= 0.3 is 0 Å². The lowest BCUT2D eigenvalue weighted by atomic mass is 10.1. The summed E-state index contributed by atoms with van der Waals surface area (Å²) in [6.45, 7) is 0.